The van der Waals surface area contributed by atoms with E-state index in [1.807, 2.05) is 19.1 Å². The van der Waals surface area contributed by atoms with Gasteiger partial charge in [0, 0.05) is 24.9 Å². The summed E-state index contributed by atoms with van der Waals surface area (Å²) < 4.78 is 0. The summed E-state index contributed by atoms with van der Waals surface area (Å²) in [5.74, 6) is 0.788. The van der Waals surface area contributed by atoms with Crippen molar-refractivity contribution >= 4 is 5.82 Å². The van der Waals surface area contributed by atoms with Crippen LogP contribution in [0.2, 0.25) is 0 Å². The van der Waals surface area contributed by atoms with Crippen molar-refractivity contribution in [3.63, 3.8) is 0 Å². The predicted molar refractivity (Wildman–Crippen MR) is 70.4 cm³/mol. The summed E-state index contributed by atoms with van der Waals surface area (Å²) in [5, 5.41) is 18.3. The Hall–Kier alpha value is -1.60. The van der Waals surface area contributed by atoms with Crippen LogP contribution in [0.1, 0.15) is 36.9 Å². The third-order valence-corrected chi connectivity index (χ3v) is 3.50. The van der Waals surface area contributed by atoms with Crippen molar-refractivity contribution in [2.75, 3.05) is 18.1 Å². The van der Waals surface area contributed by atoms with E-state index in [2.05, 4.69) is 16.0 Å². The minimum atomic E-state index is 0.189. The Balaban J connectivity index is 2.33. The lowest BCUT2D eigenvalue weighted by atomic mass is 9.99. The van der Waals surface area contributed by atoms with Crippen molar-refractivity contribution in [3.8, 4) is 6.07 Å². The van der Waals surface area contributed by atoms with Gasteiger partial charge in [0.05, 0.1) is 5.56 Å². The molecular formula is C14H19N3O. The molecule has 0 aliphatic carbocycles. The number of aromatic nitrogens is 1. The van der Waals surface area contributed by atoms with Gasteiger partial charge in [-0.15, -0.1) is 0 Å². The molecule has 0 bridgehead atoms. The van der Waals surface area contributed by atoms with Crippen LogP contribution in [0.25, 0.3) is 0 Å². The Labute approximate surface area is 108 Å². The van der Waals surface area contributed by atoms with E-state index in [1.165, 1.54) is 6.42 Å². The predicted octanol–water partition coefficient (Wildman–Crippen LogP) is 2.00. The molecule has 1 N–H and O–H groups in total. The average Bonchev–Trinajstić information content (AvgIpc) is 2.40. The molecular weight excluding hydrogens is 226 g/mol. The molecule has 18 heavy (non-hydrogen) atoms. The lowest BCUT2D eigenvalue weighted by Gasteiger charge is -2.37. The minimum Gasteiger partial charge on any atom is -0.396 e. The summed E-state index contributed by atoms with van der Waals surface area (Å²) in [7, 11) is 0. The largest absolute Gasteiger partial charge is 0.396 e. The number of aliphatic hydroxyl groups excluding tert-OH is 1. The molecule has 4 heteroatoms. The summed E-state index contributed by atoms with van der Waals surface area (Å²) in [6.07, 6.45) is 4.14. The zero-order chi connectivity index (χ0) is 13.0. The molecule has 2 heterocycles. The number of aliphatic hydroxyl groups is 1. The fraction of sp³-hybridized carbons (Fsp3) is 0.571. The number of anilines is 1. The van der Waals surface area contributed by atoms with E-state index in [9.17, 15) is 5.26 Å². The number of hydrogen-bond donors (Lipinski definition) is 1. The third kappa shape index (κ3) is 2.62. The zero-order valence-corrected chi connectivity index (χ0v) is 10.8. The molecule has 1 aromatic rings. The maximum absolute atomic E-state index is 9.19. The summed E-state index contributed by atoms with van der Waals surface area (Å²) in [4.78, 5) is 6.72. The number of piperidine rings is 1. The van der Waals surface area contributed by atoms with E-state index in [0.29, 0.717) is 11.6 Å². The smallest absolute Gasteiger partial charge is 0.147 e. The Morgan fingerprint density at radius 3 is 3.06 bits per heavy atom. The van der Waals surface area contributed by atoms with Crippen LogP contribution in [0.15, 0.2) is 12.1 Å². The van der Waals surface area contributed by atoms with Gasteiger partial charge >= 0.3 is 0 Å². The topological polar surface area (TPSA) is 60.2 Å². The molecule has 0 amide bonds. The van der Waals surface area contributed by atoms with Gasteiger partial charge in [-0.1, -0.05) is 0 Å². The normalized spacial score (nSPS) is 19.6. The monoisotopic (exact) mass is 245 g/mol. The van der Waals surface area contributed by atoms with Gasteiger partial charge in [-0.2, -0.15) is 5.26 Å². The fourth-order valence-electron chi connectivity index (χ4n) is 2.58. The number of rotatable bonds is 3. The van der Waals surface area contributed by atoms with Crippen LogP contribution >= 0.6 is 0 Å². The highest BCUT2D eigenvalue weighted by atomic mass is 16.3. The van der Waals surface area contributed by atoms with Gasteiger partial charge in [0.2, 0.25) is 0 Å². The highest BCUT2D eigenvalue weighted by Gasteiger charge is 2.25. The quantitative estimate of drug-likeness (QED) is 0.884. The molecule has 0 aromatic carbocycles. The SMILES string of the molecule is Cc1ccc(C#N)c(N2CCCCC2CCO)n1. The van der Waals surface area contributed by atoms with Crippen LogP contribution in [0.5, 0.6) is 0 Å². The molecule has 1 fully saturated rings. The van der Waals surface area contributed by atoms with E-state index in [-0.39, 0.29) is 6.61 Å². The number of aryl methyl sites for hydroxylation is 1. The standard InChI is InChI=1S/C14H19N3O/c1-11-5-6-12(10-15)14(16-11)17-8-3-2-4-13(17)7-9-18/h5-6,13,18H,2-4,7-9H2,1H3. The van der Waals surface area contributed by atoms with Crippen LogP contribution < -0.4 is 4.90 Å². The molecule has 1 saturated heterocycles. The first kappa shape index (κ1) is 12.8. The molecule has 0 radical (unpaired) electrons. The lowest BCUT2D eigenvalue weighted by Crippen LogP contribution is -2.41. The van der Waals surface area contributed by atoms with Crippen LogP contribution in [-0.4, -0.2) is 29.3 Å². The minimum absolute atomic E-state index is 0.189. The van der Waals surface area contributed by atoms with E-state index >= 15 is 0 Å². The van der Waals surface area contributed by atoms with Crippen molar-refractivity contribution in [3.05, 3.63) is 23.4 Å². The van der Waals surface area contributed by atoms with E-state index in [1.54, 1.807) is 0 Å². The second-order valence-electron chi connectivity index (χ2n) is 4.79. The number of pyridine rings is 1. The van der Waals surface area contributed by atoms with Crippen LogP contribution in [-0.2, 0) is 0 Å². The molecule has 0 saturated carbocycles. The summed E-state index contributed by atoms with van der Waals surface area (Å²) in [5.41, 5.74) is 1.56. The molecule has 0 spiro atoms. The molecule has 1 aliphatic heterocycles. The fourth-order valence-corrected chi connectivity index (χ4v) is 2.58. The molecule has 96 valence electrons. The van der Waals surface area contributed by atoms with Gasteiger partial charge in [0.1, 0.15) is 11.9 Å². The average molecular weight is 245 g/mol. The van der Waals surface area contributed by atoms with Crippen molar-refractivity contribution in [2.24, 2.45) is 0 Å². The summed E-state index contributed by atoms with van der Waals surface area (Å²) >= 11 is 0. The van der Waals surface area contributed by atoms with Gasteiger partial charge in [-0.05, 0) is 44.7 Å². The van der Waals surface area contributed by atoms with E-state index < -0.39 is 0 Å². The van der Waals surface area contributed by atoms with Crippen molar-refractivity contribution in [1.29, 1.82) is 5.26 Å². The zero-order valence-electron chi connectivity index (χ0n) is 10.8. The molecule has 1 aliphatic rings. The Bertz CT molecular complexity index is 451. The van der Waals surface area contributed by atoms with Gasteiger partial charge in [-0.25, -0.2) is 4.98 Å². The highest BCUT2D eigenvalue weighted by molar-refractivity contribution is 5.55. The van der Waals surface area contributed by atoms with Crippen molar-refractivity contribution in [1.82, 2.24) is 4.98 Å². The number of hydrogen-bond acceptors (Lipinski definition) is 4. The first-order chi connectivity index (χ1) is 8.76. The molecule has 1 atom stereocenters. The molecule has 1 unspecified atom stereocenters. The summed E-state index contributed by atoms with van der Waals surface area (Å²) in [6, 6.07) is 6.23. The van der Waals surface area contributed by atoms with Gasteiger partial charge in [-0.3, -0.25) is 0 Å². The van der Waals surface area contributed by atoms with Crippen LogP contribution in [0.4, 0.5) is 5.82 Å². The van der Waals surface area contributed by atoms with Gasteiger partial charge < -0.3 is 10.0 Å². The van der Waals surface area contributed by atoms with Crippen molar-refractivity contribution < 1.29 is 5.11 Å². The van der Waals surface area contributed by atoms with Gasteiger partial charge in [0.25, 0.3) is 0 Å². The molecule has 1 aromatic heterocycles. The van der Waals surface area contributed by atoms with Crippen LogP contribution in [0.3, 0.4) is 0 Å². The van der Waals surface area contributed by atoms with E-state index in [4.69, 9.17) is 5.11 Å². The third-order valence-electron chi connectivity index (χ3n) is 3.50. The van der Waals surface area contributed by atoms with Gasteiger partial charge in [0.15, 0.2) is 0 Å². The van der Waals surface area contributed by atoms with Crippen LogP contribution in [0, 0.1) is 18.3 Å². The second-order valence-corrected chi connectivity index (χ2v) is 4.79. The van der Waals surface area contributed by atoms with Crippen molar-refractivity contribution in [2.45, 2.75) is 38.6 Å². The maximum atomic E-state index is 9.19. The Morgan fingerprint density at radius 1 is 1.50 bits per heavy atom. The first-order valence-corrected chi connectivity index (χ1v) is 6.51. The number of nitriles is 1. The number of nitrogens with zero attached hydrogens (tertiary/aromatic N) is 3. The lowest BCUT2D eigenvalue weighted by molar-refractivity contribution is 0.262. The Morgan fingerprint density at radius 2 is 2.33 bits per heavy atom. The maximum Gasteiger partial charge on any atom is 0.147 e. The summed E-state index contributed by atoms with van der Waals surface area (Å²) in [6.45, 7) is 3.06. The second kappa shape index (κ2) is 5.83. The first-order valence-electron chi connectivity index (χ1n) is 6.51. The molecule has 2 rings (SSSR count). The molecule has 4 nitrogen and oxygen atoms in total. The van der Waals surface area contributed by atoms with E-state index in [0.717, 1.165) is 37.3 Å². The Kier molecular flexibility index (Phi) is 4.16. The highest BCUT2D eigenvalue weighted by Crippen LogP contribution is 2.27.